The van der Waals surface area contributed by atoms with Gasteiger partial charge in [0.15, 0.2) is 0 Å². The van der Waals surface area contributed by atoms with Crippen LogP contribution in [0.25, 0.3) is 0 Å². The zero-order chi connectivity index (χ0) is 18.0. The summed E-state index contributed by atoms with van der Waals surface area (Å²) in [6.45, 7) is 4.95. The lowest BCUT2D eigenvalue weighted by atomic mass is 9.87. The van der Waals surface area contributed by atoms with E-state index >= 15 is 0 Å². The van der Waals surface area contributed by atoms with E-state index in [-0.39, 0.29) is 30.8 Å². The van der Waals surface area contributed by atoms with Gasteiger partial charge in [-0.15, -0.1) is 0 Å². The van der Waals surface area contributed by atoms with Crippen molar-refractivity contribution >= 4 is 5.97 Å². The molecule has 1 aliphatic rings. The van der Waals surface area contributed by atoms with E-state index in [0.717, 1.165) is 5.56 Å². The molecule has 0 amide bonds. The first-order chi connectivity index (χ1) is 11.0. The van der Waals surface area contributed by atoms with Gasteiger partial charge in [0.25, 0.3) is 0 Å². The van der Waals surface area contributed by atoms with Crippen LogP contribution in [0.3, 0.4) is 0 Å². The Morgan fingerprint density at radius 3 is 2.33 bits per heavy atom. The summed E-state index contributed by atoms with van der Waals surface area (Å²) in [7, 11) is 0. The zero-order valence-electron chi connectivity index (χ0n) is 14.3. The van der Waals surface area contributed by atoms with Crippen LogP contribution in [0.2, 0.25) is 0 Å². The van der Waals surface area contributed by atoms with Crippen molar-refractivity contribution in [3.8, 4) is 0 Å². The smallest absolute Gasteiger partial charge is 0.401 e. The number of carbonyl (C=O) groups is 1. The summed E-state index contributed by atoms with van der Waals surface area (Å²) >= 11 is 0. The first-order valence-electron chi connectivity index (χ1n) is 8.09. The molecule has 6 heteroatoms. The maximum atomic E-state index is 12.7. The lowest BCUT2D eigenvalue weighted by Gasteiger charge is -2.23. The van der Waals surface area contributed by atoms with Crippen LogP contribution in [-0.2, 0) is 9.53 Å². The van der Waals surface area contributed by atoms with Crippen LogP contribution in [0.5, 0.6) is 0 Å². The zero-order valence-corrected chi connectivity index (χ0v) is 14.3. The highest BCUT2D eigenvalue weighted by Gasteiger charge is 2.40. The van der Waals surface area contributed by atoms with E-state index < -0.39 is 18.3 Å². The Hall–Kier alpha value is -1.56. The second kappa shape index (κ2) is 7.13. The number of ether oxygens (including phenoxy) is 1. The number of hydrogen-bond donors (Lipinski definition) is 0. The van der Waals surface area contributed by atoms with Crippen molar-refractivity contribution in [2.24, 2.45) is 5.92 Å². The molecule has 2 atom stereocenters. The molecule has 24 heavy (non-hydrogen) atoms. The Morgan fingerprint density at radius 1 is 1.17 bits per heavy atom. The third kappa shape index (κ3) is 5.82. The Balaban J connectivity index is 2.11. The van der Waals surface area contributed by atoms with Crippen LogP contribution < -0.4 is 0 Å². The van der Waals surface area contributed by atoms with E-state index in [2.05, 4.69) is 0 Å². The first-order valence-corrected chi connectivity index (χ1v) is 8.09. The Bertz CT molecular complexity index is 552. The summed E-state index contributed by atoms with van der Waals surface area (Å²) in [5, 5.41) is 0. The summed E-state index contributed by atoms with van der Waals surface area (Å²) in [6.07, 6.45) is -4.10. The van der Waals surface area contributed by atoms with E-state index in [1.165, 1.54) is 4.90 Å². The molecule has 0 bridgehead atoms. The monoisotopic (exact) mass is 343 g/mol. The van der Waals surface area contributed by atoms with Crippen LogP contribution >= 0.6 is 0 Å². The largest absolute Gasteiger partial charge is 0.460 e. The van der Waals surface area contributed by atoms with Gasteiger partial charge in [-0.2, -0.15) is 13.2 Å². The third-order valence-electron chi connectivity index (χ3n) is 4.00. The van der Waals surface area contributed by atoms with Crippen molar-refractivity contribution in [3.63, 3.8) is 0 Å². The summed E-state index contributed by atoms with van der Waals surface area (Å²) in [6, 6.07) is 9.42. The Labute approximate surface area is 140 Å². The number of benzene rings is 1. The number of likely N-dealkylation sites (tertiary alicyclic amines) is 1. The number of rotatable bonds is 4. The molecule has 0 radical (unpaired) electrons. The lowest BCUT2D eigenvalue weighted by Crippen LogP contribution is -2.33. The van der Waals surface area contributed by atoms with Crippen LogP contribution in [0.1, 0.15) is 38.7 Å². The molecule has 134 valence electrons. The third-order valence-corrected chi connectivity index (χ3v) is 4.00. The van der Waals surface area contributed by atoms with Gasteiger partial charge < -0.3 is 4.74 Å². The normalized spacial score (nSPS) is 22.6. The number of nitrogens with zero attached hydrogens (tertiary/aromatic N) is 1. The summed E-state index contributed by atoms with van der Waals surface area (Å²) in [5.74, 6) is -0.632. The van der Waals surface area contributed by atoms with Gasteiger partial charge in [-0.05, 0) is 32.3 Å². The molecule has 1 aromatic rings. The van der Waals surface area contributed by atoms with E-state index in [4.69, 9.17) is 4.74 Å². The number of alkyl halides is 3. The van der Waals surface area contributed by atoms with Crippen molar-refractivity contribution in [2.45, 2.75) is 44.9 Å². The molecule has 1 heterocycles. The van der Waals surface area contributed by atoms with Crippen molar-refractivity contribution in [3.05, 3.63) is 35.9 Å². The Kier molecular flexibility index (Phi) is 5.58. The topological polar surface area (TPSA) is 29.5 Å². The van der Waals surface area contributed by atoms with Gasteiger partial charge in [0.05, 0.1) is 13.0 Å². The molecule has 0 N–H and O–H groups in total. The fourth-order valence-corrected chi connectivity index (χ4v) is 3.23. The van der Waals surface area contributed by atoms with Gasteiger partial charge in [0.1, 0.15) is 5.60 Å². The fourth-order valence-electron chi connectivity index (χ4n) is 3.23. The van der Waals surface area contributed by atoms with Crippen molar-refractivity contribution in [1.29, 1.82) is 0 Å². The van der Waals surface area contributed by atoms with E-state index in [1.807, 2.05) is 30.3 Å². The number of hydrogen-bond acceptors (Lipinski definition) is 3. The van der Waals surface area contributed by atoms with Gasteiger partial charge in [-0.1, -0.05) is 30.3 Å². The molecule has 1 fully saturated rings. The average Bonchev–Trinajstić information content (AvgIpc) is 2.77. The van der Waals surface area contributed by atoms with Gasteiger partial charge in [0.2, 0.25) is 0 Å². The van der Waals surface area contributed by atoms with Crippen molar-refractivity contribution < 1.29 is 22.7 Å². The summed E-state index contributed by atoms with van der Waals surface area (Å²) in [4.78, 5) is 13.5. The van der Waals surface area contributed by atoms with Crippen molar-refractivity contribution in [1.82, 2.24) is 4.90 Å². The van der Waals surface area contributed by atoms with Crippen LogP contribution in [0.15, 0.2) is 30.3 Å². The molecule has 1 aliphatic heterocycles. The molecule has 1 aromatic carbocycles. The first kappa shape index (κ1) is 18.8. The quantitative estimate of drug-likeness (QED) is 0.774. The molecule has 0 saturated carbocycles. The van der Waals surface area contributed by atoms with E-state index in [9.17, 15) is 18.0 Å². The number of esters is 1. The molecule has 0 aliphatic carbocycles. The molecular formula is C18H24F3NO2. The van der Waals surface area contributed by atoms with Gasteiger partial charge >= 0.3 is 12.1 Å². The number of halogens is 3. The number of carbonyl (C=O) groups excluding carboxylic acids is 1. The van der Waals surface area contributed by atoms with Gasteiger partial charge in [-0.3, -0.25) is 9.69 Å². The van der Waals surface area contributed by atoms with Crippen LogP contribution in [0.4, 0.5) is 13.2 Å². The maximum absolute atomic E-state index is 12.7. The lowest BCUT2D eigenvalue weighted by molar-refractivity contribution is -0.156. The molecule has 0 spiro atoms. The second-order valence-electron chi connectivity index (χ2n) is 7.38. The fraction of sp³-hybridized carbons (Fsp3) is 0.611. The molecule has 1 saturated heterocycles. The predicted octanol–water partition coefficient (Wildman–Crippen LogP) is 4.00. The van der Waals surface area contributed by atoms with E-state index in [0.29, 0.717) is 6.54 Å². The highest BCUT2D eigenvalue weighted by atomic mass is 19.4. The van der Waals surface area contributed by atoms with Crippen LogP contribution in [-0.4, -0.2) is 42.3 Å². The van der Waals surface area contributed by atoms with Crippen molar-refractivity contribution in [2.75, 3.05) is 19.6 Å². The Morgan fingerprint density at radius 2 is 1.79 bits per heavy atom. The summed E-state index contributed by atoms with van der Waals surface area (Å²) < 4.78 is 43.5. The minimum atomic E-state index is -4.23. The molecular weight excluding hydrogens is 319 g/mol. The standard InChI is InChI=1S/C18H24F3NO2/c1-17(2,3)24-16(23)9-14-10-22(12-18(19,20)21)11-15(14)13-7-5-4-6-8-13/h4-8,14-15H,9-12H2,1-3H3/t14-,15+/m0/s1. The molecule has 3 nitrogen and oxygen atoms in total. The van der Waals surface area contributed by atoms with Gasteiger partial charge in [-0.25, -0.2) is 0 Å². The van der Waals surface area contributed by atoms with Gasteiger partial charge in [0, 0.05) is 19.0 Å². The molecule has 2 rings (SSSR count). The summed E-state index contributed by atoms with van der Waals surface area (Å²) in [5.41, 5.74) is 0.375. The predicted molar refractivity (Wildman–Crippen MR) is 85.6 cm³/mol. The molecule has 0 unspecified atom stereocenters. The SMILES string of the molecule is CC(C)(C)OC(=O)C[C@H]1CN(CC(F)(F)F)C[C@@H]1c1ccccc1. The second-order valence-corrected chi connectivity index (χ2v) is 7.38. The minimum Gasteiger partial charge on any atom is -0.460 e. The highest BCUT2D eigenvalue weighted by Crippen LogP contribution is 2.36. The van der Waals surface area contributed by atoms with Crippen LogP contribution in [0, 0.1) is 5.92 Å². The highest BCUT2D eigenvalue weighted by molar-refractivity contribution is 5.70. The average molecular weight is 343 g/mol. The molecule has 0 aromatic heterocycles. The van der Waals surface area contributed by atoms with E-state index in [1.54, 1.807) is 20.8 Å². The maximum Gasteiger partial charge on any atom is 0.401 e. The minimum absolute atomic E-state index is 0.0962.